The molecule has 0 aliphatic carbocycles. The zero-order valence-corrected chi connectivity index (χ0v) is 20.9. The maximum absolute atomic E-state index is 12.1. The molecule has 0 amide bonds. The number of H-pyrrole nitrogens is 1. The quantitative estimate of drug-likeness (QED) is 0.181. The van der Waals surface area contributed by atoms with E-state index in [1.807, 2.05) is 55.5 Å². The Morgan fingerprint density at radius 3 is 2.46 bits per heavy atom. The van der Waals surface area contributed by atoms with Crippen LogP contribution in [0.1, 0.15) is 70.8 Å². The first-order valence-electron chi connectivity index (χ1n) is 12.7. The second-order valence-electron chi connectivity index (χ2n) is 8.49. The molecule has 0 unspecified atom stereocenters. The van der Waals surface area contributed by atoms with Gasteiger partial charge in [0.05, 0.1) is 13.2 Å². The molecule has 0 bridgehead atoms. The Morgan fingerprint density at radius 1 is 0.886 bits per heavy atom. The Bertz CT molecular complexity index is 1030. The van der Waals surface area contributed by atoms with Crippen molar-refractivity contribution in [2.24, 2.45) is 0 Å². The molecule has 0 fully saturated rings. The molecule has 0 spiro atoms. The maximum Gasteiger partial charge on any atom is 0.508 e. The average molecular weight is 480 g/mol. The van der Waals surface area contributed by atoms with E-state index in [0.717, 1.165) is 35.3 Å². The molecule has 0 saturated heterocycles. The molecular weight excluding hydrogens is 442 g/mol. The number of aromatic nitrogens is 3. The van der Waals surface area contributed by atoms with E-state index in [-0.39, 0.29) is 6.61 Å². The van der Waals surface area contributed by atoms with Crippen LogP contribution in [0, 0.1) is 0 Å². The van der Waals surface area contributed by atoms with Gasteiger partial charge in [0.25, 0.3) is 0 Å². The molecule has 1 aromatic heterocycles. The molecule has 35 heavy (non-hydrogen) atoms. The lowest BCUT2D eigenvalue weighted by Crippen LogP contribution is -2.09. The number of hydrogen-bond donors (Lipinski definition) is 1. The molecule has 0 atom stereocenters. The first-order chi connectivity index (χ1) is 17.2. The monoisotopic (exact) mass is 479 g/mol. The highest BCUT2D eigenvalue weighted by Gasteiger charge is 2.13. The van der Waals surface area contributed by atoms with Gasteiger partial charge in [0, 0.05) is 16.7 Å². The van der Waals surface area contributed by atoms with Crippen LogP contribution in [0.3, 0.4) is 0 Å². The highest BCUT2D eigenvalue weighted by molar-refractivity contribution is 5.65. The van der Waals surface area contributed by atoms with Crippen LogP contribution in [-0.2, 0) is 16.1 Å². The second kappa shape index (κ2) is 14.8. The van der Waals surface area contributed by atoms with Crippen molar-refractivity contribution in [1.29, 1.82) is 0 Å². The summed E-state index contributed by atoms with van der Waals surface area (Å²) in [7, 11) is 0. The van der Waals surface area contributed by atoms with E-state index >= 15 is 0 Å². The van der Waals surface area contributed by atoms with Gasteiger partial charge in [-0.25, -0.2) is 9.78 Å². The van der Waals surface area contributed by atoms with Gasteiger partial charge in [-0.15, -0.1) is 0 Å². The molecule has 7 heteroatoms. The van der Waals surface area contributed by atoms with Crippen molar-refractivity contribution in [3.63, 3.8) is 0 Å². The van der Waals surface area contributed by atoms with E-state index in [2.05, 4.69) is 22.1 Å². The normalized spacial score (nSPS) is 10.8. The fraction of sp³-hybridized carbons (Fsp3) is 0.464. The highest BCUT2D eigenvalue weighted by atomic mass is 16.7. The van der Waals surface area contributed by atoms with Crippen LogP contribution in [0.25, 0.3) is 22.8 Å². The van der Waals surface area contributed by atoms with E-state index in [1.165, 1.54) is 38.5 Å². The van der Waals surface area contributed by atoms with Crippen molar-refractivity contribution in [2.75, 3.05) is 13.2 Å². The fourth-order valence-electron chi connectivity index (χ4n) is 3.85. The summed E-state index contributed by atoms with van der Waals surface area (Å²) in [6.07, 6.45) is 8.93. The molecule has 7 nitrogen and oxygen atoms in total. The van der Waals surface area contributed by atoms with Crippen molar-refractivity contribution in [3.05, 3.63) is 54.1 Å². The van der Waals surface area contributed by atoms with E-state index in [9.17, 15) is 4.79 Å². The summed E-state index contributed by atoms with van der Waals surface area (Å²) in [6.45, 7) is 5.26. The van der Waals surface area contributed by atoms with Crippen molar-refractivity contribution in [1.82, 2.24) is 15.2 Å². The topological polar surface area (TPSA) is 86.3 Å². The standard InChI is InChI=1S/C28H37N3O4/c1-3-5-6-7-8-9-10-13-19-34-28(32)35-21-23-15-11-12-18-25(23)27-29-26(30-31-27)22-16-14-17-24(20-22)33-4-2/h11-12,14-18,20H,3-10,13,19,21H2,1-2H3,(H,29,30,31). The van der Waals surface area contributed by atoms with Gasteiger partial charge in [-0.05, 0) is 25.5 Å². The third-order valence-corrected chi connectivity index (χ3v) is 5.72. The molecule has 0 saturated carbocycles. The number of unbranched alkanes of at least 4 members (excludes halogenated alkanes) is 7. The summed E-state index contributed by atoms with van der Waals surface area (Å²) in [4.78, 5) is 16.7. The van der Waals surface area contributed by atoms with E-state index < -0.39 is 6.16 Å². The van der Waals surface area contributed by atoms with Gasteiger partial charge in [-0.3, -0.25) is 5.10 Å². The van der Waals surface area contributed by atoms with E-state index in [0.29, 0.717) is 24.9 Å². The van der Waals surface area contributed by atoms with Gasteiger partial charge in [-0.2, -0.15) is 5.10 Å². The van der Waals surface area contributed by atoms with Gasteiger partial charge >= 0.3 is 6.16 Å². The second-order valence-corrected chi connectivity index (χ2v) is 8.49. The van der Waals surface area contributed by atoms with Crippen molar-refractivity contribution < 1.29 is 19.0 Å². The van der Waals surface area contributed by atoms with E-state index in [1.54, 1.807) is 0 Å². The fourth-order valence-corrected chi connectivity index (χ4v) is 3.85. The van der Waals surface area contributed by atoms with Crippen LogP contribution < -0.4 is 4.74 Å². The molecule has 3 rings (SSSR count). The molecule has 1 N–H and O–H groups in total. The number of benzene rings is 2. The molecule has 3 aromatic rings. The van der Waals surface area contributed by atoms with E-state index in [4.69, 9.17) is 14.2 Å². The minimum Gasteiger partial charge on any atom is -0.494 e. The van der Waals surface area contributed by atoms with Crippen LogP contribution in [-0.4, -0.2) is 34.6 Å². The number of ether oxygens (including phenoxy) is 3. The zero-order valence-electron chi connectivity index (χ0n) is 20.9. The maximum atomic E-state index is 12.1. The van der Waals surface area contributed by atoms with Gasteiger partial charge in [0.2, 0.25) is 0 Å². The summed E-state index contributed by atoms with van der Waals surface area (Å²) < 4.78 is 16.2. The van der Waals surface area contributed by atoms with Gasteiger partial charge in [-0.1, -0.05) is 88.3 Å². The minimum atomic E-state index is -0.645. The lowest BCUT2D eigenvalue weighted by molar-refractivity contribution is 0.0488. The van der Waals surface area contributed by atoms with Gasteiger partial charge in [0.15, 0.2) is 11.6 Å². The molecule has 2 aromatic carbocycles. The largest absolute Gasteiger partial charge is 0.508 e. The summed E-state index contributed by atoms with van der Waals surface area (Å²) in [5.74, 6) is 1.95. The number of rotatable bonds is 15. The predicted molar refractivity (Wildman–Crippen MR) is 137 cm³/mol. The third kappa shape index (κ3) is 8.74. The van der Waals surface area contributed by atoms with Gasteiger partial charge < -0.3 is 14.2 Å². The summed E-state index contributed by atoms with van der Waals surface area (Å²) in [6, 6.07) is 15.3. The highest BCUT2D eigenvalue weighted by Crippen LogP contribution is 2.26. The van der Waals surface area contributed by atoms with Crippen LogP contribution in [0.15, 0.2) is 48.5 Å². The molecule has 0 aliphatic heterocycles. The number of aromatic amines is 1. The van der Waals surface area contributed by atoms with Crippen LogP contribution >= 0.6 is 0 Å². The van der Waals surface area contributed by atoms with Gasteiger partial charge in [0.1, 0.15) is 12.4 Å². The zero-order chi connectivity index (χ0) is 24.7. The number of nitrogens with one attached hydrogen (secondary N) is 1. The molecular formula is C28H37N3O4. The van der Waals surface area contributed by atoms with Crippen LogP contribution in [0.2, 0.25) is 0 Å². The predicted octanol–water partition coefficient (Wildman–Crippen LogP) is 7.33. The Labute approximate surface area is 208 Å². The number of carbonyl (C=O) groups is 1. The van der Waals surface area contributed by atoms with Crippen LogP contribution in [0.4, 0.5) is 4.79 Å². The lowest BCUT2D eigenvalue weighted by Gasteiger charge is -2.09. The summed E-state index contributed by atoms with van der Waals surface area (Å²) >= 11 is 0. The molecule has 1 heterocycles. The van der Waals surface area contributed by atoms with Crippen molar-refractivity contribution in [3.8, 4) is 28.5 Å². The van der Waals surface area contributed by atoms with Crippen molar-refractivity contribution >= 4 is 6.16 Å². The average Bonchev–Trinajstić information content (AvgIpc) is 3.37. The first kappa shape index (κ1) is 26.3. The molecule has 0 radical (unpaired) electrons. The Morgan fingerprint density at radius 2 is 1.66 bits per heavy atom. The third-order valence-electron chi connectivity index (χ3n) is 5.72. The molecule has 0 aliphatic rings. The Hall–Kier alpha value is -3.35. The van der Waals surface area contributed by atoms with Crippen LogP contribution in [0.5, 0.6) is 5.75 Å². The lowest BCUT2D eigenvalue weighted by atomic mass is 10.1. The Kier molecular flexibility index (Phi) is 11.1. The van der Waals surface area contributed by atoms with Crippen molar-refractivity contribution in [2.45, 2.75) is 71.8 Å². The smallest absolute Gasteiger partial charge is 0.494 e. The number of hydrogen-bond acceptors (Lipinski definition) is 6. The number of nitrogens with zero attached hydrogens (tertiary/aromatic N) is 2. The number of carbonyl (C=O) groups excluding carboxylic acids is 1. The minimum absolute atomic E-state index is 0.0995. The SMILES string of the molecule is CCCCCCCCCCOC(=O)OCc1ccccc1-c1nc(-c2cccc(OCC)c2)n[nH]1. The first-order valence-corrected chi connectivity index (χ1v) is 12.7. The summed E-state index contributed by atoms with van der Waals surface area (Å²) in [5.41, 5.74) is 2.50. The summed E-state index contributed by atoms with van der Waals surface area (Å²) in [5, 5.41) is 7.36. The Balaban J connectivity index is 1.48. The molecule has 188 valence electrons.